The Labute approximate surface area is 107 Å². The normalized spacial score (nSPS) is 11.5. The molecule has 4 nitrogen and oxygen atoms in total. The van der Waals surface area contributed by atoms with Crippen LogP contribution < -0.4 is 4.74 Å². The van der Waals surface area contributed by atoms with E-state index in [1.807, 2.05) is 32.2 Å². The predicted molar refractivity (Wildman–Crippen MR) is 70.3 cm³/mol. The van der Waals surface area contributed by atoms with Gasteiger partial charge in [0.2, 0.25) is 0 Å². The maximum absolute atomic E-state index is 9.89. The Bertz CT molecular complexity index is 330. The molecule has 1 heterocycles. The Hall–Kier alpha value is -0.555. The smallest absolute Gasteiger partial charge is 0.475 e. The Balaban J connectivity index is 0.000000770. The van der Waals surface area contributed by atoms with Crippen molar-refractivity contribution in [2.45, 2.75) is 45.8 Å². The molecule has 0 aliphatic rings. The molecule has 0 unspecified atom stereocenters. The lowest BCUT2D eigenvalue weighted by Crippen LogP contribution is -2.49. The van der Waals surface area contributed by atoms with Crippen LogP contribution in [0.1, 0.15) is 33.3 Å². The van der Waals surface area contributed by atoms with E-state index < -0.39 is 11.2 Å². The van der Waals surface area contributed by atoms with Crippen molar-refractivity contribution in [2.75, 3.05) is 0 Å². The second kappa shape index (κ2) is 6.40. The van der Waals surface area contributed by atoms with Crippen LogP contribution in [0.15, 0.2) is 11.4 Å². The second-order valence-corrected chi connectivity index (χ2v) is 5.60. The van der Waals surface area contributed by atoms with Crippen molar-refractivity contribution in [3.8, 4) is 5.06 Å². The van der Waals surface area contributed by atoms with Gasteiger partial charge in [-0.25, -0.2) is 0 Å². The van der Waals surface area contributed by atoms with Gasteiger partial charge in [0, 0.05) is 0 Å². The van der Waals surface area contributed by atoms with Crippen molar-refractivity contribution in [3.63, 3.8) is 0 Å². The summed E-state index contributed by atoms with van der Waals surface area (Å²) < 4.78 is 5.76. The SMILES string of the molecule is Cc1csc(OC(C)(C)C(C)(C)O)c1.O[B]O. The lowest BCUT2D eigenvalue weighted by molar-refractivity contribution is -0.0889. The third-order valence-corrected chi connectivity index (χ3v) is 3.46. The van der Waals surface area contributed by atoms with E-state index in [1.165, 1.54) is 5.56 Å². The monoisotopic (exact) mass is 259 g/mol. The average molecular weight is 259 g/mol. The number of hydrogen-bond acceptors (Lipinski definition) is 5. The lowest BCUT2D eigenvalue weighted by Gasteiger charge is -2.36. The van der Waals surface area contributed by atoms with Gasteiger partial charge in [0.15, 0.2) is 5.06 Å². The fourth-order valence-corrected chi connectivity index (χ4v) is 1.72. The Morgan fingerprint density at radius 2 is 1.71 bits per heavy atom. The van der Waals surface area contributed by atoms with Gasteiger partial charge >= 0.3 is 7.69 Å². The maximum Gasteiger partial charge on any atom is 0.482 e. The number of aryl methyl sites for hydroxylation is 1. The zero-order valence-corrected chi connectivity index (χ0v) is 11.7. The fraction of sp³-hybridized carbons (Fsp3) is 0.636. The first-order valence-electron chi connectivity index (χ1n) is 5.20. The molecule has 0 spiro atoms. The van der Waals surface area contributed by atoms with Gasteiger partial charge < -0.3 is 19.9 Å². The van der Waals surface area contributed by atoms with E-state index in [0.717, 1.165) is 5.06 Å². The van der Waals surface area contributed by atoms with Gasteiger partial charge in [0.25, 0.3) is 0 Å². The van der Waals surface area contributed by atoms with Gasteiger partial charge in [-0.2, -0.15) is 0 Å². The Morgan fingerprint density at radius 1 is 1.24 bits per heavy atom. The molecule has 0 saturated heterocycles. The molecule has 6 heteroatoms. The summed E-state index contributed by atoms with van der Waals surface area (Å²) >= 11 is 1.56. The highest BCUT2D eigenvalue weighted by Crippen LogP contribution is 2.31. The Kier molecular flexibility index (Phi) is 6.19. The highest BCUT2D eigenvalue weighted by atomic mass is 32.1. The first-order chi connectivity index (χ1) is 7.64. The molecule has 1 aromatic rings. The van der Waals surface area contributed by atoms with E-state index in [-0.39, 0.29) is 7.69 Å². The molecule has 1 rings (SSSR count). The molecular formula is C11H20BO4S. The van der Waals surface area contributed by atoms with Crippen molar-refractivity contribution in [1.29, 1.82) is 0 Å². The first kappa shape index (κ1) is 16.4. The van der Waals surface area contributed by atoms with E-state index in [9.17, 15) is 5.11 Å². The minimum Gasteiger partial charge on any atom is -0.475 e. The summed E-state index contributed by atoms with van der Waals surface area (Å²) in [6.45, 7) is 9.32. The zero-order chi connectivity index (χ0) is 13.7. The molecule has 0 aliphatic carbocycles. The van der Waals surface area contributed by atoms with Crippen LogP contribution in [0.3, 0.4) is 0 Å². The lowest BCUT2D eigenvalue weighted by atomic mass is 9.89. The summed E-state index contributed by atoms with van der Waals surface area (Å²) in [5.74, 6) is 0. The first-order valence-corrected chi connectivity index (χ1v) is 6.08. The highest BCUT2D eigenvalue weighted by molar-refractivity contribution is 7.12. The van der Waals surface area contributed by atoms with Crippen LogP contribution in [0.5, 0.6) is 5.06 Å². The zero-order valence-electron chi connectivity index (χ0n) is 10.9. The van der Waals surface area contributed by atoms with Crippen molar-refractivity contribution in [3.05, 3.63) is 17.0 Å². The molecule has 0 atom stereocenters. The molecule has 17 heavy (non-hydrogen) atoms. The van der Waals surface area contributed by atoms with Crippen LogP contribution in [0.2, 0.25) is 0 Å². The fourth-order valence-electron chi connectivity index (χ4n) is 0.835. The minimum absolute atomic E-state index is 0. The van der Waals surface area contributed by atoms with Gasteiger partial charge in [0.1, 0.15) is 5.60 Å². The molecule has 3 N–H and O–H groups in total. The molecule has 0 saturated carbocycles. The molecule has 1 aromatic heterocycles. The van der Waals surface area contributed by atoms with E-state index >= 15 is 0 Å². The molecular weight excluding hydrogens is 239 g/mol. The summed E-state index contributed by atoms with van der Waals surface area (Å²) in [6, 6.07) is 1.98. The van der Waals surface area contributed by atoms with Gasteiger partial charge in [-0.3, -0.25) is 0 Å². The summed E-state index contributed by atoms with van der Waals surface area (Å²) in [7, 11) is 0. The van der Waals surface area contributed by atoms with Gasteiger partial charge in [0.05, 0.1) is 5.60 Å². The summed E-state index contributed by atoms with van der Waals surface area (Å²) in [5, 5.41) is 26.8. The van der Waals surface area contributed by atoms with Crippen LogP contribution in [0.4, 0.5) is 0 Å². The largest absolute Gasteiger partial charge is 0.482 e. The van der Waals surface area contributed by atoms with Crippen molar-refractivity contribution < 1.29 is 19.9 Å². The van der Waals surface area contributed by atoms with Crippen molar-refractivity contribution in [1.82, 2.24) is 0 Å². The Morgan fingerprint density at radius 3 is 2.00 bits per heavy atom. The molecule has 0 fully saturated rings. The highest BCUT2D eigenvalue weighted by Gasteiger charge is 2.37. The number of hydrogen-bond donors (Lipinski definition) is 3. The molecule has 0 aromatic carbocycles. The predicted octanol–water partition coefficient (Wildman–Crippen LogP) is 1.49. The van der Waals surface area contributed by atoms with Crippen molar-refractivity contribution >= 4 is 19.0 Å². The van der Waals surface area contributed by atoms with Crippen LogP contribution in [0.25, 0.3) is 0 Å². The topological polar surface area (TPSA) is 69.9 Å². The van der Waals surface area contributed by atoms with E-state index in [2.05, 4.69) is 0 Å². The van der Waals surface area contributed by atoms with Crippen molar-refractivity contribution in [2.24, 2.45) is 0 Å². The number of ether oxygens (including phenoxy) is 1. The minimum atomic E-state index is -0.856. The summed E-state index contributed by atoms with van der Waals surface area (Å²) in [5.41, 5.74) is -0.244. The van der Waals surface area contributed by atoms with E-state index in [4.69, 9.17) is 14.8 Å². The average Bonchev–Trinajstić information content (AvgIpc) is 2.49. The number of thiophene rings is 1. The summed E-state index contributed by atoms with van der Waals surface area (Å²) in [4.78, 5) is 0. The third-order valence-electron chi connectivity index (χ3n) is 2.54. The standard InChI is InChI=1S/C11H18O2S.BH2O2/c1-8-6-9(14-7-8)13-11(4,5)10(2,3)12;2-1-3/h6-7,12H,1-5H3;2-3H. The number of rotatable bonds is 3. The molecule has 0 bridgehead atoms. The van der Waals surface area contributed by atoms with Gasteiger partial charge in [-0.1, -0.05) is 0 Å². The van der Waals surface area contributed by atoms with E-state index in [1.54, 1.807) is 25.2 Å². The molecule has 97 valence electrons. The van der Waals surface area contributed by atoms with Gasteiger partial charge in [-0.05, 0) is 51.6 Å². The van der Waals surface area contributed by atoms with E-state index in [0.29, 0.717) is 0 Å². The second-order valence-electron chi connectivity index (χ2n) is 4.73. The number of aliphatic hydroxyl groups is 1. The van der Waals surface area contributed by atoms with Crippen LogP contribution in [-0.2, 0) is 0 Å². The maximum atomic E-state index is 9.89. The quantitative estimate of drug-likeness (QED) is 0.719. The van der Waals surface area contributed by atoms with Gasteiger partial charge in [-0.15, -0.1) is 11.3 Å². The van der Waals surface area contributed by atoms with Crippen LogP contribution in [-0.4, -0.2) is 34.0 Å². The van der Waals surface area contributed by atoms with Crippen LogP contribution in [0, 0.1) is 6.92 Å². The van der Waals surface area contributed by atoms with Crippen LogP contribution >= 0.6 is 11.3 Å². The molecule has 1 radical (unpaired) electrons. The third kappa shape index (κ3) is 5.54. The molecule has 0 amide bonds. The summed E-state index contributed by atoms with van der Waals surface area (Å²) in [6.07, 6.45) is 0. The molecule has 0 aliphatic heterocycles.